The summed E-state index contributed by atoms with van der Waals surface area (Å²) in [6, 6.07) is 7.90. The molecule has 1 fully saturated rings. The first-order valence-corrected chi connectivity index (χ1v) is 8.91. The van der Waals surface area contributed by atoms with Gasteiger partial charge in [-0.25, -0.2) is 9.97 Å². The van der Waals surface area contributed by atoms with E-state index in [4.69, 9.17) is 4.74 Å². The zero-order valence-corrected chi connectivity index (χ0v) is 14.5. The number of aliphatic hydroxyl groups is 1. The molecule has 2 aliphatic heterocycles. The van der Waals surface area contributed by atoms with E-state index >= 15 is 0 Å². The van der Waals surface area contributed by atoms with Crippen LogP contribution in [0.4, 0.5) is 5.95 Å². The van der Waals surface area contributed by atoms with Crippen LogP contribution in [0, 0.1) is 0 Å². The molecule has 4 rings (SSSR count). The van der Waals surface area contributed by atoms with Crippen LogP contribution in [-0.4, -0.2) is 58.8 Å². The van der Waals surface area contributed by atoms with Gasteiger partial charge in [0.1, 0.15) is 11.9 Å². The van der Waals surface area contributed by atoms with Crippen LogP contribution < -0.4 is 9.64 Å². The zero-order valence-electron chi connectivity index (χ0n) is 14.5. The third-order valence-electron chi connectivity index (χ3n) is 4.94. The molecule has 0 aliphatic carbocycles. The second-order valence-corrected chi connectivity index (χ2v) is 6.85. The zero-order chi connectivity index (χ0) is 17.2. The summed E-state index contributed by atoms with van der Waals surface area (Å²) < 4.78 is 5.74. The normalized spacial score (nSPS) is 21.7. The van der Waals surface area contributed by atoms with E-state index in [2.05, 4.69) is 32.8 Å². The second-order valence-electron chi connectivity index (χ2n) is 6.85. The van der Waals surface area contributed by atoms with Crippen LogP contribution >= 0.6 is 0 Å². The molecule has 2 aromatic rings. The molecular weight excluding hydrogens is 316 g/mol. The van der Waals surface area contributed by atoms with Crippen LogP contribution in [0.1, 0.15) is 24.2 Å². The molecule has 0 saturated carbocycles. The molecule has 0 spiro atoms. The van der Waals surface area contributed by atoms with E-state index in [1.807, 2.05) is 18.2 Å². The molecule has 0 unspecified atom stereocenters. The Morgan fingerprint density at radius 1 is 1.20 bits per heavy atom. The standard InChI is InChI=1S/C19H24N4O2/c1-14-11-16-12-15(3-4-18(16)25-14)17(24)13-22-7-9-23(10-8-22)19-20-5-2-6-21-19/h2-6,12,14,17,24H,7-11,13H2,1H3/t14-,17-/m1/s1. The molecule has 25 heavy (non-hydrogen) atoms. The largest absolute Gasteiger partial charge is 0.490 e. The topological polar surface area (TPSA) is 61.7 Å². The lowest BCUT2D eigenvalue weighted by molar-refractivity contribution is 0.109. The minimum absolute atomic E-state index is 0.232. The highest BCUT2D eigenvalue weighted by molar-refractivity contribution is 5.41. The lowest BCUT2D eigenvalue weighted by atomic mass is 10.0. The molecule has 6 nitrogen and oxygen atoms in total. The number of hydrogen-bond acceptors (Lipinski definition) is 6. The number of aliphatic hydroxyl groups excluding tert-OH is 1. The molecule has 3 heterocycles. The highest BCUT2D eigenvalue weighted by atomic mass is 16.5. The fourth-order valence-electron chi connectivity index (χ4n) is 3.58. The first-order chi connectivity index (χ1) is 12.2. The molecule has 0 bridgehead atoms. The number of fused-ring (bicyclic) bond motifs is 1. The van der Waals surface area contributed by atoms with Crippen LogP contribution in [0.2, 0.25) is 0 Å². The second kappa shape index (κ2) is 6.98. The lowest BCUT2D eigenvalue weighted by Gasteiger charge is -2.35. The minimum Gasteiger partial charge on any atom is -0.490 e. The summed E-state index contributed by atoms with van der Waals surface area (Å²) in [4.78, 5) is 13.1. The fraction of sp³-hybridized carbons (Fsp3) is 0.474. The minimum atomic E-state index is -0.472. The average Bonchev–Trinajstić information content (AvgIpc) is 3.02. The summed E-state index contributed by atoms with van der Waals surface area (Å²) in [5.74, 6) is 1.75. The smallest absolute Gasteiger partial charge is 0.225 e. The molecule has 2 aliphatic rings. The Balaban J connectivity index is 1.33. The van der Waals surface area contributed by atoms with Crippen molar-refractivity contribution in [2.45, 2.75) is 25.6 Å². The number of rotatable bonds is 4. The van der Waals surface area contributed by atoms with Crippen molar-refractivity contribution < 1.29 is 9.84 Å². The van der Waals surface area contributed by atoms with Gasteiger partial charge >= 0.3 is 0 Å². The van der Waals surface area contributed by atoms with Gasteiger partial charge in [0.2, 0.25) is 5.95 Å². The molecule has 1 aromatic carbocycles. The van der Waals surface area contributed by atoms with E-state index < -0.39 is 6.10 Å². The Kier molecular flexibility index (Phi) is 4.55. The van der Waals surface area contributed by atoms with Gasteiger partial charge in [-0.2, -0.15) is 0 Å². The molecule has 0 amide bonds. The Bertz CT molecular complexity index is 717. The summed E-state index contributed by atoms with van der Waals surface area (Å²) in [7, 11) is 0. The van der Waals surface area contributed by atoms with Gasteiger partial charge in [-0.3, -0.25) is 4.90 Å². The summed E-state index contributed by atoms with van der Waals surface area (Å²) in [5, 5.41) is 10.6. The summed E-state index contributed by atoms with van der Waals surface area (Å²) in [6.07, 6.45) is 4.23. The maximum atomic E-state index is 10.6. The van der Waals surface area contributed by atoms with Gasteiger partial charge in [-0.15, -0.1) is 0 Å². The molecule has 0 radical (unpaired) electrons. The number of hydrogen-bond donors (Lipinski definition) is 1. The van der Waals surface area contributed by atoms with Crippen LogP contribution in [0.5, 0.6) is 5.75 Å². The van der Waals surface area contributed by atoms with E-state index in [1.165, 1.54) is 5.56 Å². The monoisotopic (exact) mass is 340 g/mol. The van der Waals surface area contributed by atoms with Crippen LogP contribution in [-0.2, 0) is 6.42 Å². The van der Waals surface area contributed by atoms with Crippen molar-refractivity contribution in [2.75, 3.05) is 37.6 Å². The van der Waals surface area contributed by atoms with Gasteiger partial charge in [0.05, 0.1) is 6.10 Å². The predicted molar refractivity (Wildman–Crippen MR) is 95.9 cm³/mol. The van der Waals surface area contributed by atoms with Gasteiger partial charge in [-0.1, -0.05) is 6.07 Å². The number of aromatic nitrogens is 2. The molecular formula is C19H24N4O2. The fourth-order valence-corrected chi connectivity index (χ4v) is 3.58. The predicted octanol–water partition coefficient (Wildman–Crippen LogP) is 1.66. The Morgan fingerprint density at radius 3 is 2.72 bits per heavy atom. The van der Waals surface area contributed by atoms with Crippen LogP contribution in [0.15, 0.2) is 36.7 Å². The average molecular weight is 340 g/mol. The van der Waals surface area contributed by atoms with Crippen molar-refractivity contribution in [1.29, 1.82) is 0 Å². The van der Waals surface area contributed by atoms with Gasteiger partial charge in [0, 0.05) is 51.5 Å². The number of nitrogens with zero attached hydrogens (tertiary/aromatic N) is 4. The van der Waals surface area contributed by atoms with Crippen molar-refractivity contribution in [3.8, 4) is 5.75 Å². The number of benzene rings is 1. The first kappa shape index (κ1) is 16.3. The van der Waals surface area contributed by atoms with Gasteiger partial charge in [-0.05, 0) is 36.2 Å². The number of ether oxygens (including phenoxy) is 1. The van der Waals surface area contributed by atoms with Crippen molar-refractivity contribution in [2.24, 2.45) is 0 Å². The Hall–Kier alpha value is -2.18. The number of piperazine rings is 1. The van der Waals surface area contributed by atoms with E-state index in [1.54, 1.807) is 12.4 Å². The molecule has 1 N–H and O–H groups in total. The quantitative estimate of drug-likeness (QED) is 0.913. The third-order valence-corrected chi connectivity index (χ3v) is 4.94. The van der Waals surface area contributed by atoms with Crippen molar-refractivity contribution in [1.82, 2.24) is 14.9 Å². The molecule has 2 atom stereocenters. The number of β-amino-alcohol motifs (C(OH)–C–C–N with tert-alkyl or cyclic N) is 1. The number of anilines is 1. The highest BCUT2D eigenvalue weighted by Gasteiger charge is 2.23. The first-order valence-electron chi connectivity index (χ1n) is 8.91. The van der Waals surface area contributed by atoms with Crippen molar-refractivity contribution in [3.63, 3.8) is 0 Å². The summed E-state index contributed by atoms with van der Waals surface area (Å²) in [5.41, 5.74) is 2.18. The maximum Gasteiger partial charge on any atom is 0.225 e. The molecule has 6 heteroatoms. The van der Waals surface area contributed by atoms with Gasteiger partial charge in [0.25, 0.3) is 0 Å². The lowest BCUT2D eigenvalue weighted by Crippen LogP contribution is -2.48. The van der Waals surface area contributed by atoms with Gasteiger partial charge in [0.15, 0.2) is 0 Å². The van der Waals surface area contributed by atoms with Crippen LogP contribution in [0.25, 0.3) is 0 Å². The molecule has 132 valence electrons. The van der Waals surface area contributed by atoms with E-state index in [0.717, 1.165) is 49.9 Å². The van der Waals surface area contributed by atoms with Gasteiger partial charge < -0.3 is 14.7 Å². The summed E-state index contributed by atoms with van der Waals surface area (Å²) in [6.45, 7) is 6.30. The highest BCUT2D eigenvalue weighted by Crippen LogP contribution is 2.31. The van der Waals surface area contributed by atoms with E-state index in [-0.39, 0.29) is 6.10 Å². The van der Waals surface area contributed by atoms with Crippen molar-refractivity contribution in [3.05, 3.63) is 47.8 Å². The van der Waals surface area contributed by atoms with E-state index in [0.29, 0.717) is 6.54 Å². The van der Waals surface area contributed by atoms with Crippen molar-refractivity contribution >= 4 is 5.95 Å². The van der Waals surface area contributed by atoms with Crippen LogP contribution in [0.3, 0.4) is 0 Å². The maximum absolute atomic E-state index is 10.6. The third kappa shape index (κ3) is 3.60. The molecule has 1 saturated heterocycles. The van der Waals surface area contributed by atoms with E-state index in [9.17, 15) is 5.11 Å². The SMILES string of the molecule is C[C@@H]1Cc2cc([C@H](O)CN3CCN(c4ncccn4)CC3)ccc2O1. The Labute approximate surface area is 148 Å². The Morgan fingerprint density at radius 2 is 1.96 bits per heavy atom. The molecule has 1 aromatic heterocycles. The summed E-state index contributed by atoms with van der Waals surface area (Å²) >= 11 is 0.